The second kappa shape index (κ2) is 20.8. The van der Waals surface area contributed by atoms with Crippen molar-refractivity contribution in [1.82, 2.24) is 9.55 Å². The minimum atomic E-state index is -3.93. The Morgan fingerprint density at radius 1 is 0.944 bits per heavy atom. The molecule has 0 radical (unpaired) electrons. The molecule has 36 heavy (non-hydrogen) atoms. The molecule has 10 heteroatoms. The van der Waals surface area contributed by atoms with Crippen LogP contribution >= 0.6 is 7.60 Å². The Balaban J connectivity index is 1.99. The van der Waals surface area contributed by atoms with Gasteiger partial charge in [0.25, 0.3) is 0 Å². The van der Waals surface area contributed by atoms with Gasteiger partial charge in [0, 0.05) is 6.20 Å². The average molecular weight is 532 g/mol. The molecule has 0 aliphatic heterocycles. The summed E-state index contributed by atoms with van der Waals surface area (Å²) >= 11 is 0. The number of aromatic nitrogens is 2. The van der Waals surface area contributed by atoms with Crippen LogP contribution in [0.2, 0.25) is 0 Å². The van der Waals surface area contributed by atoms with E-state index in [1.165, 1.54) is 100 Å². The smallest absolute Gasteiger partial charge is 0.353 e. The summed E-state index contributed by atoms with van der Waals surface area (Å²) < 4.78 is 23.9. The largest absolute Gasteiger partial charge is 0.394 e. The molecule has 210 valence electrons. The van der Waals surface area contributed by atoms with E-state index < -0.39 is 32.3 Å². The van der Waals surface area contributed by atoms with Gasteiger partial charge in [-0.05, 0) is 12.5 Å². The summed E-state index contributed by atoms with van der Waals surface area (Å²) in [6.45, 7) is 2.02. The Morgan fingerprint density at radius 2 is 1.44 bits per heavy atom. The van der Waals surface area contributed by atoms with Gasteiger partial charge in [-0.2, -0.15) is 4.98 Å². The lowest BCUT2D eigenvalue weighted by molar-refractivity contribution is 0.0167. The molecule has 1 rings (SSSR count). The summed E-state index contributed by atoms with van der Waals surface area (Å²) in [6.07, 6.45) is 20.3. The normalized spacial score (nSPS) is 14.1. The van der Waals surface area contributed by atoms with Crippen LogP contribution in [0, 0.1) is 0 Å². The number of nitrogens with zero attached hydrogens (tertiary/aromatic N) is 2. The highest BCUT2D eigenvalue weighted by Crippen LogP contribution is 2.42. The summed E-state index contributed by atoms with van der Waals surface area (Å²) in [5.74, 6) is 0.0973. The molecule has 1 aromatic heterocycles. The molecule has 0 bridgehead atoms. The Kier molecular flexibility index (Phi) is 18.9. The number of hydrogen-bond acceptors (Lipinski definition) is 7. The van der Waals surface area contributed by atoms with Crippen LogP contribution in [-0.4, -0.2) is 45.2 Å². The van der Waals surface area contributed by atoms with Crippen molar-refractivity contribution < 1.29 is 23.8 Å². The molecule has 1 unspecified atom stereocenters. The van der Waals surface area contributed by atoms with Gasteiger partial charge in [0.15, 0.2) is 0 Å². The van der Waals surface area contributed by atoms with E-state index in [4.69, 9.17) is 15.0 Å². The van der Waals surface area contributed by atoms with E-state index >= 15 is 0 Å². The zero-order valence-electron chi connectivity index (χ0n) is 22.3. The number of ether oxygens (including phenoxy) is 1. The van der Waals surface area contributed by atoms with Crippen molar-refractivity contribution in [2.24, 2.45) is 0 Å². The van der Waals surface area contributed by atoms with Gasteiger partial charge in [0.05, 0.1) is 25.9 Å². The molecule has 1 aromatic rings. The van der Waals surface area contributed by atoms with Crippen molar-refractivity contribution in [3.05, 3.63) is 22.7 Å². The van der Waals surface area contributed by atoms with Gasteiger partial charge in [-0.1, -0.05) is 103 Å². The molecule has 0 amide bonds. The van der Waals surface area contributed by atoms with E-state index in [1.54, 1.807) is 0 Å². The van der Waals surface area contributed by atoms with E-state index in [9.17, 15) is 19.4 Å². The van der Waals surface area contributed by atoms with Crippen molar-refractivity contribution >= 4 is 13.4 Å². The first-order chi connectivity index (χ1) is 17.4. The SMILES string of the molecule is CCCCCCCCCCCCCCCCCCOP(=O)(O)CO[C@H](CO)Cn1ccc(N)nc1=O. The third kappa shape index (κ3) is 17.2. The second-order valence-corrected chi connectivity index (χ2v) is 11.5. The predicted octanol–water partition coefficient (Wildman–Crippen LogP) is 5.62. The molecule has 0 saturated carbocycles. The average Bonchev–Trinajstić information content (AvgIpc) is 2.85. The zero-order valence-corrected chi connectivity index (χ0v) is 23.2. The zero-order chi connectivity index (χ0) is 26.5. The maximum absolute atomic E-state index is 12.2. The number of nitrogen functional groups attached to an aromatic ring is 1. The highest BCUT2D eigenvalue weighted by molar-refractivity contribution is 7.52. The summed E-state index contributed by atoms with van der Waals surface area (Å²) in [5.41, 5.74) is 4.87. The van der Waals surface area contributed by atoms with E-state index in [1.807, 2.05) is 0 Å². The molecule has 4 N–H and O–H groups in total. The Morgan fingerprint density at radius 3 is 1.92 bits per heavy atom. The number of nitrogens with two attached hydrogens (primary N) is 1. The lowest BCUT2D eigenvalue weighted by Gasteiger charge is -2.19. The van der Waals surface area contributed by atoms with Crippen LogP contribution in [-0.2, 0) is 20.4 Å². The van der Waals surface area contributed by atoms with Crippen molar-refractivity contribution in [2.45, 2.75) is 122 Å². The fourth-order valence-electron chi connectivity index (χ4n) is 4.06. The van der Waals surface area contributed by atoms with Gasteiger partial charge < -0.3 is 25.0 Å². The summed E-state index contributed by atoms with van der Waals surface area (Å²) in [5, 5.41) is 9.46. The van der Waals surface area contributed by atoms with Crippen molar-refractivity contribution in [3.63, 3.8) is 0 Å². The van der Waals surface area contributed by atoms with Gasteiger partial charge >= 0.3 is 13.3 Å². The monoisotopic (exact) mass is 531 g/mol. The summed E-state index contributed by atoms with van der Waals surface area (Å²) in [4.78, 5) is 25.4. The van der Waals surface area contributed by atoms with Gasteiger partial charge in [0.2, 0.25) is 0 Å². The number of aliphatic hydroxyl groups is 1. The quantitative estimate of drug-likeness (QED) is 0.115. The topological polar surface area (TPSA) is 137 Å². The molecular formula is C26H50N3O6P. The number of rotatable bonds is 24. The fourth-order valence-corrected chi connectivity index (χ4v) is 4.95. The van der Waals surface area contributed by atoms with E-state index in [-0.39, 0.29) is 19.0 Å². The van der Waals surface area contributed by atoms with Gasteiger partial charge in [-0.3, -0.25) is 9.13 Å². The van der Waals surface area contributed by atoms with Crippen LogP contribution in [0.5, 0.6) is 0 Å². The Bertz CT molecular complexity index is 776. The number of unbranched alkanes of at least 4 members (excludes halogenated alkanes) is 15. The molecule has 9 nitrogen and oxygen atoms in total. The van der Waals surface area contributed by atoms with Crippen molar-refractivity contribution in [2.75, 3.05) is 25.3 Å². The highest BCUT2D eigenvalue weighted by atomic mass is 31.2. The number of hydrogen-bond donors (Lipinski definition) is 3. The van der Waals surface area contributed by atoms with E-state index in [0.717, 1.165) is 19.3 Å². The van der Waals surface area contributed by atoms with Crippen LogP contribution < -0.4 is 11.4 Å². The first-order valence-electron chi connectivity index (χ1n) is 13.9. The second-order valence-electron chi connectivity index (χ2n) is 9.66. The minimum absolute atomic E-state index is 0.0122. The predicted molar refractivity (Wildman–Crippen MR) is 145 cm³/mol. The first-order valence-corrected chi connectivity index (χ1v) is 15.7. The van der Waals surface area contributed by atoms with Crippen LogP contribution in [0.1, 0.15) is 110 Å². The Hall–Kier alpha value is -1.25. The Labute approximate surface area is 217 Å². The number of anilines is 1. The maximum Gasteiger partial charge on any atom is 0.353 e. The fraction of sp³-hybridized carbons (Fsp3) is 0.846. The molecular weight excluding hydrogens is 481 g/mol. The van der Waals surface area contributed by atoms with Crippen LogP contribution in [0.25, 0.3) is 0 Å². The minimum Gasteiger partial charge on any atom is -0.394 e. The van der Waals surface area contributed by atoms with Crippen LogP contribution in [0.3, 0.4) is 0 Å². The standard InChI is InChI=1S/C26H50N3O6P/c1-2-3-4-5-6-7-8-9-10-11-12-13-14-15-16-17-20-35-36(32,33)23-34-24(22-30)21-29-19-18-25(27)28-26(29)31/h18-19,24,30H,2-17,20-23H2,1H3,(H,32,33)(H2,27,28,31)/t24-/m0/s1. The van der Waals surface area contributed by atoms with Crippen LogP contribution in [0.15, 0.2) is 17.1 Å². The van der Waals surface area contributed by atoms with Gasteiger partial charge in [-0.15, -0.1) is 0 Å². The summed E-state index contributed by atoms with van der Waals surface area (Å²) in [6, 6.07) is 1.45. The molecule has 0 spiro atoms. The molecule has 0 aliphatic carbocycles. The third-order valence-electron chi connectivity index (χ3n) is 6.26. The lowest BCUT2D eigenvalue weighted by atomic mass is 10.0. The van der Waals surface area contributed by atoms with Gasteiger partial charge in [0.1, 0.15) is 12.2 Å². The maximum atomic E-state index is 12.2. The molecule has 0 saturated heterocycles. The lowest BCUT2D eigenvalue weighted by Crippen LogP contribution is -2.32. The molecule has 0 fully saturated rings. The van der Waals surface area contributed by atoms with E-state index in [2.05, 4.69) is 11.9 Å². The van der Waals surface area contributed by atoms with Crippen molar-refractivity contribution in [1.29, 1.82) is 0 Å². The molecule has 0 aromatic carbocycles. The summed E-state index contributed by atoms with van der Waals surface area (Å²) in [7, 11) is -3.93. The third-order valence-corrected chi connectivity index (χ3v) is 7.33. The van der Waals surface area contributed by atoms with E-state index in [0.29, 0.717) is 0 Å². The van der Waals surface area contributed by atoms with Crippen LogP contribution in [0.4, 0.5) is 5.82 Å². The number of aliphatic hydroxyl groups excluding tert-OH is 1. The van der Waals surface area contributed by atoms with Crippen molar-refractivity contribution in [3.8, 4) is 0 Å². The van der Waals surface area contributed by atoms with Gasteiger partial charge in [-0.25, -0.2) is 4.79 Å². The highest BCUT2D eigenvalue weighted by Gasteiger charge is 2.22. The molecule has 1 heterocycles. The molecule has 2 atom stereocenters. The molecule has 0 aliphatic rings. The first kappa shape index (κ1) is 32.8.